The number of nitrogens with one attached hydrogen (secondary N) is 1. The van der Waals surface area contributed by atoms with E-state index in [4.69, 9.17) is 32.9 Å². The molecular formula is C21H20Cl2N2O2S. The van der Waals surface area contributed by atoms with Crippen LogP contribution in [0.1, 0.15) is 31.0 Å². The Labute approximate surface area is 179 Å². The number of hydrogen-bond donors (Lipinski definition) is 1. The normalized spacial score (nSPS) is 16.4. The number of nitrogens with zero attached hydrogens (tertiary/aromatic N) is 1. The standard InChI is InChI=1S/C21H20Cl2N2O2S/c1-3-27-20(26)18-13(2)24-21(25-19(18)15-7-5-4-6-8-15)28-12-14-9-10-16(22)17(23)11-14/h4-11,19H,3,12H2,1-2H3,(H,24,25). The van der Waals surface area contributed by atoms with E-state index in [2.05, 4.69) is 5.32 Å². The van der Waals surface area contributed by atoms with E-state index in [0.29, 0.717) is 28.0 Å². The topological polar surface area (TPSA) is 50.7 Å². The summed E-state index contributed by atoms with van der Waals surface area (Å²) in [5, 5.41) is 5.04. The van der Waals surface area contributed by atoms with Gasteiger partial charge < -0.3 is 10.1 Å². The Kier molecular flexibility index (Phi) is 7.05. The Morgan fingerprint density at radius 2 is 1.93 bits per heavy atom. The van der Waals surface area contributed by atoms with Crippen molar-refractivity contribution in [1.29, 1.82) is 0 Å². The Morgan fingerprint density at radius 3 is 2.61 bits per heavy atom. The van der Waals surface area contributed by atoms with Gasteiger partial charge in [-0.2, -0.15) is 0 Å². The van der Waals surface area contributed by atoms with Crippen molar-refractivity contribution >= 4 is 46.1 Å². The monoisotopic (exact) mass is 434 g/mol. The van der Waals surface area contributed by atoms with Gasteiger partial charge in [-0.05, 0) is 37.1 Å². The van der Waals surface area contributed by atoms with E-state index in [1.165, 1.54) is 0 Å². The van der Waals surface area contributed by atoms with E-state index >= 15 is 0 Å². The molecule has 2 aromatic rings. The van der Waals surface area contributed by atoms with Crippen LogP contribution in [0.2, 0.25) is 10.0 Å². The Balaban J connectivity index is 1.85. The third-order valence-electron chi connectivity index (χ3n) is 4.19. The van der Waals surface area contributed by atoms with Gasteiger partial charge in [0, 0.05) is 11.4 Å². The number of aliphatic imine (C=N–C) groups is 1. The average molecular weight is 435 g/mol. The minimum atomic E-state index is -0.405. The van der Waals surface area contributed by atoms with Crippen LogP contribution >= 0.6 is 35.0 Å². The van der Waals surface area contributed by atoms with Crippen LogP contribution in [0.4, 0.5) is 0 Å². The summed E-state index contributed by atoms with van der Waals surface area (Å²) in [6, 6.07) is 14.9. The molecular weight excluding hydrogens is 415 g/mol. The molecule has 28 heavy (non-hydrogen) atoms. The third-order valence-corrected chi connectivity index (χ3v) is 5.89. The molecule has 0 fully saturated rings. The van der Waals surface area contributed by atoms with Crippen molar-refractivity contribution in [3.8, 4) is 0 Å². The first-order chi connectivity index (χ1) is 13.5. The molecule has 1 aliphatic heterocycles. The van der Waals surface area contributed by atoms with Crippen LogP contribution in [0.5, 0.6) is 0 Å². The molecule has 1 heterocycles. The van der Waals surface area contributed by atoms with Crippen molar-refractivity contribution in [2.24, 2.45) is 4.99 Å². The number of thioether (sulfide) groups is 1. The number of rotatable bonds is 5. The highest BCUT2D eigenvalue weighted by Gasteiger charge is 2.30. The maximum atomic E-state index is 12.5. The molecule has 4 nitrogen and oxygen atoms in total. The number of hydrogen-bond acceptors (Lipinski definition) is 5. The molecule has 3 rings (SSSR count). The number of ether oxygens (including phenoxy) is 1. The highest BCUT2D eigenvalue weighted by molar-refractivity contribution is 8.13. The summed E-state index contributed by atoms with van der Waals surface area (Å²) in [6.45, 7) is 3.99. The van der Waals surface area contributed by atoms with E-state index in [9.17, 15) is 4.79 Å². The molecule has 0 bridgehead atoms. The molecule has 7 heteroatoms. The summed E-state index contributed by atoms with van der Waals surface area (Å²) >= 11 is 13.6. The van der Waals surface area contributed by atoms with E-state index in [-0.39, 0.29) is 5.97 Å². The lowest BCUT2D eigenvalue weighted by Crippen LogP contribution is -2.30. The lowest BCUT2D eigenvalue weighted by Gasteiger charge is -2.25. The third kappa shape index (κ3) is 4.90. The minimum absolute atomic E-state index is 0.319. The molecule has 146 valence electrons. The van der Waals surface area contributed by atoms with Crippen molar-refractivity contribution in [2.45, 2.75) is 25.6 Å². The van der Waals surface area contributed by atoms with Gasteiger partial charge in [-0.3, -0.25) is 0 Å². The van der Waals surface area contributed by atoms with Gasteiger partial charge in [-0.1, -0.05) is 71.4 Å². The van der Waals surface area contributed by atoms with E-state index in [0.717, 1.165) is 22.0 Å². The number of allylic oxidation sites excluding steroid dienone is 1. The first-order valence-corrected chi connectivity index (χ1v) is 10.6. The second kappa shape index (κ2) is 9.50. The SMILES string of the molecule is CCOC(=O)C1=C(C)NC(SCc2ccc(Cl)c(Cl)c2)=NC1c1ccccc1. The van der Waals surface area contributed by atoms with Crippen molar-refractivity contribution in [1.82, 2.24) is 5.32 Å². The molecule has 0 radical (unpaired) electrons. The fourth-order valence-electron chi connectivity index (χ4n) is 2.85. The van der Waals surface area contributed by atoms with E-state index in [1.54, 1.807) is 24.8 Å². The van der Waals surface area contributed by atoms with Crippen LogP contribution in [0.3, 0.4) is 0 Å². The summed E-state index contributed by atoms with van der Waals surface area (Å²) in [5.41, 5.74) is 3.27. The number of esters is 1. The highest BCUT2D eigenvalue weighted by atomic mass is 35.5. The first kappa shape index (κ1) is 20.8. The highest BCUT2D eigenvalue weighted by Crippen LogP contribution is 2.33. The quantitative estimate of drug-likeness (QED) is 0.607. The molecule has 0 saturated heterocycles. The second-order valence-corrected chi connectivity index (χ2v) is 7.95. The van der Waals surface area contributed by atoms with Gasteiger partial charge in [0.1, 0.15) is 6.04 Å². The largest absolute Gasteiger partial charge is 0.463 e. The van der Waals surface area contributed by atoms with Gasteiger partial charge in [-0.15, -0.1) is 0 Å². The van der Waals surface area contributed by atoms with E-state index < -0.39 is 6.04 Å². The van der Waals surface area contributed by atoms with Crippen LogP contribution < -0.4 is 5.32 Å². The summed E-state index contributed by atoms with van der Waals surface area (Å²) in [6.07, 6.45) is 0. The Morgan fingerprint density at radius 1 is 1.18 bits per heavy atom. The maximum Gasteiger partial charge on any atom is 0.338 e. The molecule has 1 atom stereocenters. The molecule has 0 spiro atoms. The van der Waals surface area contributed by atoms with E-state index in [1.807, 2.05) is 49.4 Å². The summed E-state index contributed by atoms with van der Waals surface area (Å²) in [5.74, 6) is 0.324. The van der Waals surface area contributed by atoms with Crippen molar-refractivity contribution < 1.29 is 9.53 Å². The van der Waals surface area contributed by atoms with Crippen molar-refractivity contribution in [3.63, 3.8) is 0 Å². The first-order valence-electron chi connectivity index (χ1n) is 8.84. The molecule has 0 amide bonds. The predicted molar refractivity (Wildman–Crippen MR) is 117 cm³/mol. The molecule has 1 unspecified atom stereocenters. The predicted octanol–water partition coefficient (Wildman–Crippen LogP) is 5.76. The summed E-state index contributed by atoms with van der Waals surface area (Å²) in [4.78, 5) is 17.3. The lowest BCUT2D eigenvalue weighted by molar-refractivity contribution is -0.138. The van der Waals surface area contributed by atoms with Crippen LogP contribution in [-0.2, 0) is 15.3 Å². The van der Waals surface area contributed by atoms with Gasteiger partial charge in [0.2, 0.25) is 0 Å². The average Bonchev–Trinajstić information content (AvgIpc) is 2.69. The Bertz CT molecular complexity index is 929. The van der Waals surface area contributed by atoms with Crippen LogP contribution in [-0.4, -0.2) is 17.7 Å². The fourth-order valence-corrected chi connectivity index (χ4v) is 4.06. The second-order valence-electron chi connectivity index (χ2n) is 6.17. The Hall–Kier alpha value is -1.95. The van der Waals surface area contributed by atoms with Gasteiger partial charge in [0.05, 0.1) is 22.2 Å². The van der Waals surface area contributed by atoms with Crippen LogP contribution in [0.25, 0.3) is 0 Å². The van der Waals surface area contributed by atoms with Crippen molar-refractivity contribution in [3.05, 3.63) is 81.0 Å². The number of benzene rings is 2. The van der Waals surface area contributed by atoms with Crippen LogP contribution in [0, 0.1) is 0 Å². The molecule has 0 aliphatic carbocycles. The number of amidine groups is 1. The molecule has 0 aromatic heterocycles. The lowest BCUT2D eigenvalue weighted by atomic mass is 9.97. The zero-order chi connectivity index (χ0) is 20.1. The number of halogens is 2. The number of carbonyl (C=O) groups is 1. The summed E-state index contributed by atoms with van der Waals surface area (Å²) < 4.78 is 5.25. The molecule has 0 saturated carbocycles. The zero-order valence-electron chi connectivity index (χ0n) is 15.5. The van der Waals surface area contributed by atoms with Gasteiger partial charge >= 0.3 is 5.97 Å². The molecule has 1 N–H and O–H groups in total. The van der Waals surface area contributed by atoms with Crippen LogP contribution in [0.15, 0.2) is 64.8 Å². The molecule has 2 aromatic carbocycles. The van der Waals surface area contributed by atoms with Crippen molar-refractivity contribution in [2.75, 3.05) is 6.61 Å². The van der Waals surface area contributed by atoms with Gasteiger partial charge in [-0.25, -0.2) is 9.79 Å². The summed E-state index contributed by atoms with van der Waals surface area (Å²) in [7, 11) is 0. The maximum absolute atomic E-state index is 12.5. The minimum Gasteiger partial charge on any atom is -0.463 e. The fraction of sp³-hybridized carbons (Fsp3) is 0.238. The zero-order valence-corrected chi connectivity index (χ0v) is 17.9. The molecule has 1 aliphatic rings. The van der Waals surface area contributed by atoms with Gasteiger partial charge in [0.15, 0.2) is 5.17 Å². The number of carbonyl (C=O) groups excluding carboxylic acids is 1. The van der Waals surface area contributed by atoms with Gasteiger partial charge in [0.25, 0.3) is 0 Å². The smallest absolute Gasteiger partial charge is 0.338 e.